The first-order valence-corrected chi connectivity index (χ1v) is 16.0. The van der Waals surface area contributed by atoms with Crippen LogP contribution in [-0.4, -0.2) is 32.8 Å². The van der Waals surface area contributed by atoms with Gasteiger partial charge in [-0.15, -0.1) is 0 Å². The summed E-state index contributed by atoms with van der Waals surface area (Å²) >= 11 is 1.57. The molecule has 1 aliphatic heterocycles. The number of hydrogen-bond acceptors (Lipinski definition) is 7. The van der Waals surface area contributed by atoms with Crippen molar-refractivity contribution in [3.8, 4) is 11.1 Å². The summed E-state index contributed by atoms with van der Waals surface area (Å²) < 4.78 is 13.3. The largest absolute Gasteiger partial charge is 0.392 e. The van der Waals surface area contributed by atoms with Crippen LogP contribution < -0.4 is 5.32 Å². The van der Waals surface area contributed by atoms with Crippen molar-refractivity contribution in [2.75, 3.05) is 5.75 Å². The summed E-state index contributed by atoms with van der Waals surface area (Å²) in [7, 11) is 0. The number of aromatic nitrogens is 2. The van der Waals surface area contributed by atoms with E-state index < -0.39 is 6.29 Å². The second-order valence-electron chi connectivity index (χ2n) is 11.0. The van der Waals surface area contributed by atoms with Gasteiger partial charge in [-0.25, -0.2) is 9.97 Å². The molecule has 1 fully saturated rings. The molecule has 1 saturated heterocycles. The number of thioether (sulfide) groups is 1. The predicted octanol–water partition coefficient (Wildman–Crippen LogP) is 7.15. The molecule has 5 aromatic rings. The van der Waals surface area contributed by atoms with Crippen molar-refractivity contribution in [3.63, 3.8) is 0 Å². The van der Waals surface area contributed by atoms with Crippen LogP contribution in [0.25, 0.3) is 11.1 Å². The highest BCUT2D eigenvalue weighted by Crippen LogP contribution is 2.43. The van der Waals surface area contributed by atoms with Crippen LogP contribution in [0.15, 0.2) is 127 Å². The predicted molar refractivity (Wildman–Crippen MR) is 175 cm³/mol. The molecular formula is C37H35N3O4S. The highest BCUT2D eigenvalue weighted by molar-refractivity contribution is 7.99. The molecule has 2 N–H and O–H groups in total. The number of amides is 1. The zero-order valence-electron chi connectivity index (χ0n) is 25.0. The molecule has 4 aromatic carbocycles. The van der Waals surface area contributed by atoms with Gasteiger partial charge in [0.25, 0.3) is 5.91 Å². The average molecular weight is 618 g/mol. The van der Waals surface area contributed by atoms with Crippen LogP contribution in [0.5, 0.6) is 0 Å². The van der Waals surface area contributed by atoms with Gasteiger partial charge in [0, 0.05) is 41.7 Å². The zero-order valence-corrected chi connectivity index (χ0v) is 25.8. The van der Waals surface area contributed by atoms with Crippen molar-refractivity contribution in [1.29, 1.82) is 0 Å². The van der Waals surface area contributed by atoms with Crippen molar-refractivity contribution in [1.82, 2.24) is 15.3 Å². The fraction of sp³-hybridized carbons (Fsp3) is 0.216. The Bertz CT molecular complexity index is 1700. The summed E-state index contributed by atoms with van der Waals surface area (Å²) in [5.41, 5.74) is 6.54. The van der Waals surface area contributed by atoms with E-state index in [0.717, 1.165) is 33.4 Å². The van der Waals surface area contributed by atoms with E-state index in [-0.39, 0.29) is 30.6 Å². The summed E-state index contributed by atoms with van der Waals surface area (Å²) in [6.07, 6.45) is 2.57. The molecule has 0 saturated carbocycles. The van der Waals surface area contributed by atoms with Gasteiger partial charge < -0.3 is 19.9 Å². The minimum absolute atomic E-state index is 0.00315. The molecule has 1 amide bonds. The molecule has 8 heteroatoms. The summed E-state index contributed by atoms with van der Waals surface area (Å²) in [6.45, 7) is 2.57. The van der Waals surface area contributed by atoms with Crippen LogP contribution in [0.1, 0.15) is 51.9 Å². The number of aliphatic hydroxyl groups is 1. The molecule has 0 unspecified atom stereocenters. The third kappa shape index (κ3) is 7.67. The molecule has 1 aliphatic rings. The van der Waals surface area contributed by atoms with E-state index in [0.29, 0.717) is 23.0 Å². The lowest BCUT2D eigenvalue weighted by Gasteiger charge is -2.41. The summed E-state index contributed by atoms with van der Waals surface area (Å²) in [5.74, 6) is 0.631. The van der Waals surface area contributed by atoms with Gasteiger partial charge in [-0.1, -0.05) is 97.5 Å². The Morgan fingerprint density at radius 2 is 1.53 bits per heavy atom. The number of carbonyl (C=O) groups excluding carboxylic acids is 1. The number of nitrogens with one attached hydrogen (secondary N) is 1. The second kappa shape index (κ2) is 14.6. The first-order valence-electron chi connectivity index (χ1n) is 15.0. The summed E-state index contributed by atoms with van der Waals surface area (Å²) in [5, 5.41) is 13.3. The molecule has 0 bridgehead atoms. The Morgan fingerprint density at radius 1 is 0.800 bits per heavy atom. The lowest BCUT2D eigenvalue weighted by molar-refractivity contribution is -0.268. The molecule has 0 spiro atoms. The van der Waals surface area contributed by atoms with E-state index >= 15 is 0 Å². The van der Waals surface area contributed by atoms with Gasteiger partial charge in [0.1, 0.15) is 0 Å². The van der Waals surface area contributed by atoms with E-state index in [2.05, 4.69) is 46.5 Å². The minimum Gasteiger partial charge on any atom is -0.392 e. The van der Waals surface area contributed by atoms with E-state index in [1.54, 1.807) is 36.3 Å². The van der Waals surface area contributed by atoms with Crippen LogP contribution in [0, 0.1) is 5.92 Å². The van der Waals surface area contributed by atoms with E-state index in [1.165, 1.54) is 0 Å². The fourth-order valence-electron chi connectivity index (χ4n) is 5.43. The summed E-state index contributed by atoms with van der Waals surface area (Å²) in [4.78, 5) is 21.3. The maximum atomic E-state index is 12.6. The smallest absolute Gasteiger partial charge is 0.251 e. The van der Waals surface area contributed by atoms with Crippen LogP contribution in [0.4, 0.5) is 0 Å². The maximum Gasteiger partial charge on any atom is 0.251 e. The Hall–Kier alpha value is -4.34. The average Bonchev–Trinajstić information content (AvgIpc) is 3.11. The monoisotopic (exact) mass is 617 g/mol. The quantitative estimate of drug-likeness (QED) is 0.127. The SMILES string of the molecule is C[C@@H]1[C@H](CSc2ncccn2)O[C@H](c2cccc(-c3cccc(CNC(=O)c4ccccc4)c3)c2)O[C@@H]1c1ccc(CO)cc1. The number of benzene rings is 4. The standard InChI is InChI=1S/C37H35N3O4S/c1-25-33(24-45-37-38-18-7-19-39-37)43-36(44-34(25)28-16-14-26(23-41)15-17-28)32-13-6-12-31(21-32)30-11-5-8-27(20-30)22-40-35(42)29-9-3-2-4-10-29/h2-21,25,33-34,36,41H,22-24H2,1H3,(H,40,42)/t25-,33+,34+,36+/m1/s1. The molecule has 45 heavy (non-hydrogen) atoms. The first kappa shape index (κ1) is 30.7. The van der Waals surface area contributed by atoms with Crippen LogP contribution in [0.3, 0.4) is 0 Å². The topological polar surface area (TPSA) is 93.6 Å². The third-order valence-electron chi connectivity index (χ3n) is 7.95. The Labute approximate surface area is 267 Å². The van der Waals surface area contributed by atoms with Crippen molar-refractivity contribution < 1.29 is 19.4 Å². The van der Waals surface area contributed by atoms with E-state index in [9.17, 15) is 9.90 Å². The molecule has 2 heterocycles. The van der Waals surface area contributed by atoms with Gasteiger partial charge in [-0.05, 0) is 58.1 Å². The van der Waals surface area contributed by atoms with Gasteiger partial charge in [-0.2, -0.15) is 0 Å². The van der Waals surface area contributed by atoms with Gasteiger partial charge in [-0.3, -0.25) is 4.79 Å². The third-order valence-corrected chi connectivity index (χ3v) is 8.91. The van der Waals surface area contributed by atoms with Gasteiger partial charge in [0.15, 0.2) is 11.4 Å². The zero-order chi connectivity index (χ0) is 31.0. The Morgan fingerprint density at radius 3 is 2.29 bits per heavy atom. The molecule has 6 rings (SSSR count). The Balaban J connectivity index is 1.22. The lowest BCUT2D eigenvalue weighted by atomic mass is 9.91. The Kier molecular flexibility index (Phi) is 9.97. The molecule has 7 nitrogen and oxygen atoms in total. The number of aliphatic hydroxyl groups excluding tert-OH is 1. The van der Waals surface area contributed by atoms with Gasteiger partial charge in [0.05, 0.1) is 18.8 Å². The van der Waals surface area contributed by atoms with Crippen LogP contribution in [0.2, 0.25) is 0 Å². The summed E-state index contributed by atoms with van der Waals surface area (Å²) in [6, 6.07) is 35.4. The molecule has 4 atom stereocenters. The number of hydrogen-bond donors (Lipinski definition) is 2. The molecule has 1 aromatic heterocycles. The van der Waals surface area contributed by atoms with Crippen molar-refractivity contribution in [2.24, 2.45) is 5.92 Å². The molecular weight excluding hydrogens is 582 g/mol. The van der Waals surface area contributed by atoms with Crippen LogP contribution in [-0.2, 0) is 22.6 Å². The van der Waals surface area contributed by atoms with Gasteiger partial charge >= 0.3 is 0 Å². The van der Waals surface area contributed by atoms with Crippen molar-refractivity contribution in [3.05, 3.63) is 149 Å². The lowest BCUT2D eigenvalue weighted by Crippen LogP contribution is -2.38. The van der Waals surface area contributed by atoms with Crippen molar-refractivity contribution >= 4 is 17.7 Å². The van der Waals surface area contributed by atoms with Crippen molar-refractivity contribution in [2.45, 2.75) is 43.7 Å². The maximum absolute atomic E-state index is 12.6. The number of ether oxygens (including phenoxy) is 2. The molecule has 228 valence electrons. The number of carbonyl (C=O) groups is 1. The second-order valence-corrected chi connectivity index (χ2v) is 12.0. The van der Waals surface area contributed by atoms with Crippen LogP contribution >= 0.6 is 11.8 Å². The van der Waals surface area contributed by atoms with E-state index in [1.807, 2.05) is 72.8 Å². The fourth-order valence-corrected chi connectivity index (χ4v) is 6.39. The van der Waals surface area contributed by atoms with Gasteiger partial charge in [0.2, 0.25) is 0 Å². The molecule has 0 aliphatic carbocycles. The molecule has 0 radical (unpaired) electrons. The first-order chi connectivity index (χ1) is 22.1. The highest BCUT2D eigenvalue weighted by atomic mass is 32.2. The normalized spacial score (nSPS) is 19.6. The minimum atomic E-state index is -0.584. The number of nitrogens with zero attached hydrogens (tertiary/aromatic N) is 2. The number of rotatable bonds is 10. The highest BCUT2D eigenvalue weighted by Gasteiger charge is 2.38. The van der Waals surface area contributed by atoms with E-state index in [4.69, 9.17) is 9.47 Å².